The van der Waals surface area contributed by atoms with Crippen molar-refractivity contribution in [3.63, 3.8) is 0 Å². The van der Waals surface area contributed by atoms with Gasteiger partial charge in [0.1, 0.15) is 23.3 Å². The Morgan fingerprint density at radius 1 is 1.16 bits per heavy atom. The van der Waals surface area contributed by atoms with Crippen LogP contribution in [0.25, 0.3) is 16.6 Å². The Bertz CT molecular complexity index is 1620. The number of carbonyl (C=O) groups is 1. The molecular weight excluding hydrogens is 525 g/mol. The summed E-state index contributed by atoms with van der Waals surface area (Å²) in [6.45, 7) is -0.0764. The van der Waals surface area contributed by atoms with Gasteiger partial charge in [-0.1, -0.05) is 11.6 Å². The van der Waals surface area contributed by atoms with Crippen molar-refractivity contribution in [1.29, 1.82) is 0 Å². The summed E-state index contributed by atoms with van der Waals surface area (Å²) >= 11 is 6.47. The molecule has 1 atom stereocenters. The molecule has 1 aromatic carbocycles. The zero-order valence-corrected chi connectivity index (χ0v) is 20.2. The van der Waals surface area contributed by atoms with Crippen LogP contribution >= 0.6 is 11.6 Å². The summed E-state index contributed by atoms with van der Waals surface area (Å²) in [5.41, 5.74) is 7.54. The van der Waals surface area contributed by atoms with Crippen LogP contribution in [0.5, 0.6) is 11.5 Å². The number of amides is 1. The molecule has 5 aromatic rings. The molecule has 0 aliphatic heterocycles. The van der Waals surface area contributed by atoms with E-state index in [1.165, 1.54) is 6.33 Å². The number of benzene rings is 1. The van der Waals surface area contributed by atoms with Crippen molar-refractivity contribution in [3.8, 4) is 11.5 Å². The Kier molecular flexibility index (Phi) is 6.78. The average Bonchev–Trinajstić information content (AvgIpc) is 3.50. The first-order valence-electron chi connectivity index (χ1n) is 11.3. The first-order chi connectivity index (χ1) is 18.2. The second-order valence-corrected chi connectivity index (χ2v) is 8.64. The van der Waals surface area contributed by atoms with Crippen LogP contribution in [0.15, 0.2) is 67.4 Å². The third kappa shape index (κ3) is 5.33. The van der Waals surface area contributed by atoms with E-state index in [1.807, 2.05) is 12.1 Å². The lowest BCUT2D eigenvalue weighted by molar-refractivity contribution is -0.166. The van der Waals surface area contributed by atoms with Crippen molar-refractivity contribution in [2.45, 2.75) is 18.8 Å². The predicted molar refractivity (Wildman–Crippen MR) is 135 cm³/mol. The Hall–Kier alpha value is -4.36. The second-order valence-electron chi connectivity index (χ2n) is 8.23. The zero-order chi connectivity index (χ0) is 26.9. The van der Waals surface area contributed by atoms with Gasteiger partial charge in [0.2, 0.25) is 5.91 Å². The highest BCUT2D eigenvalue weighted by atomic mass is 35.5. The molecule has 0 spiro atoms. The van der Waals surface area contributed by atoms with Gasteiger partial charge in [-0.3, -0.25) is 10.1 Å². The lowest BCUT2D eigenvalue weighted by Crippen LogP contribution is -2.52. The van der Waals surface area contributed by atoms with Crippen LogP contribution in [0.1, 0.15) is 0 Å². The van der Waals surface area contributed by atoms with Crippen LogP contribution in [0.4, 0.5) is 24.7 Å². The Labute approximate surface area is 218 Å². The Morgan fingerprint density at radius 2 is 2.00 bits per heavy atom. The van der Waals surface area contributed by atoms with Crippen LogP contribution in [0.3, 0.4) is 0 Å². The maximum atomic E-state index is 13.0. The monoisotopic (exact) mass is 544 g/mol. The standard InChI is InChI=1S/C24H20ClF3N8O2/c25-17-11-14(1-4-19(17)38-16-3-2-15-5-7-33-36(15)12-16)34-23-20-18(31-13-32-23)6-9-35(20)10-8-30-21(22(29)37)24(26,27)28/h1-7,9,11-13,21,30H,8,10H2,(H2,29,37)(H,31,32,34)/t21-/m1/s1. The molecule has 196 valence electrons. The topological polar surface area (TPSA) is 124 Å². The SMILES string of the molecule is NC(=O)[C@@H](NCCn1ccc2ncnc(Nc3ccc(Oc4ccc5ccnn5c4)c(Cl)c3)c21)C(F)(F)F. The zero-order valence-electron chi connectivity index (χ0n) is 19.5. The van der Waals surface area contributed by atoms with Gasteiger partial charge in [-0.15, -0.1) is 0 Å². The Balaban J connectivity index is 1.32. The number of nitrogens with one attached hydrogen (secondary N) is 2. The first-order valence-corrected chi connectivity index (χ1v) is 11.6. The third-order valence-electron chi connectivity index (χ3n) is 5.65. The van der Waals surface area contributed by atoms with Gasteiger partial charge in [0.05, 0.1) is 22.3 Å². The summed E-state index contributed by atoms with van der Waals surface area (Å²) in [5.74, 6) is -0.0977. The number of fused-ring (bicyclic) bond motifs is 2. The molecule has 10 nitrogen and oxygen atoms in total. The predicted octanol–water partition coefficient (Wildman–Crippen LogP) is 4.27. The van der Waals surface area contributed by atoms with Crippen molar-refractivity contribution in [1.82, 2.24) is 29.5 Å². The molecule has 1 amide bonds. The quantitative estimate of drug-likeness (QED) is 0.253. The van der Waals surface area contributed by atoms with Crippen LogP contribution in [0, 0.1) is 0 Å². The highest BCUT2D eigenvalue weighted by Gasteiger charge is 2.43. The van der Waals surface area contributed by atoms with E-state index < -0.39 is 18.1 Å². The average molecular weight is 545 g/mol. The molecule has 0 saturated carbocycles. The van der Waals surface area contributed by atoms with Crippen molar-refractivity contribution in [3.05, 3.63) is 72.4 Å². The second kappa shape index (κ2) is 10.2. The molecule has 0 radical (unpaired) electrons. The lowest BCUT2D eigenvalue weighted by Gasteiger charge is -2.19. The summed E-state index contributed by atoms with van der Waals surface area (Å²) < 4.78 is 48.3. The number of pyridine rings is 1. The van der Waals surface area contributed by atoms with Crippen molar-refractivity contribution in [2.75, 3.05) is 11.9 Å². The number of carbonyl (C=O) groups excluding carboxylic acids is 1. The summed E-state index contributed by atoms with van der Waals surface area (Å²) in [6, 6.07) is 9.91. The molecule has 0 unspecified atom stereocenters. The molecule has 4 N–H and O–H groups in total. The molecule has 0 saturated heterocycles. The van der Waals surface area contributed by atoms with Gasteiger partial charge >= 0.3 is 6.18 Å². The normalized spacial score (nSPS) is 12.6. The summed E-state index contributed by atoms with van der Waals surface area (Å²) in [7, 11) is 0. The fourth-order valence-corrected chi connectivity index (χ4v) is 4.12. The van der Waals surface area contributed by atoms with Crippen molar-refractivity contribution in [2.24, 2.45) is 5.73 Å². The van der Waals surface area contributed by atoms with E-state index in [1.54, 1.807) is 58.0 Å². The number of hydrogen-bond donors (Lipinski definition) is 3. The number of alkyl halides is 3. The molecule has 0 fully saturated rings. The number of primary amides is 1. The van der Waals surface area contributed by atoms with Gasteiger partial charge < -0.3 is 20.4 Å². The van der Waals surface area contributed by atoms with Crippen molar-refractivity contribution >= 4 is 45.6 Å². The molecule has 4 heterocycles. The van der Waals surface area contributed by atoms with E-state index in [0.717, 1.165) is 5.52 Å². The van der Waals surface area contributed by atoms with E-state index in [9.17, 15) is 18.0 Å². The van der Waals surface area contributed by atoms with E-state index in [0.29, 0.717) is 39.1 Å². The van der Waals surface area contributed by atoms with E-state index in [-0.39, 0.29) is 13.1 Å². The van der Waals surface area contributed by atoms with Gasteiger partial charge in [-0.2, -0.15) is 18.3 Å². The first kappa shape index (κ1) is 25.3. The minimum Gasteiger partial charge on any atom is -0.454 e. The third-order valence-corrected chi connectivity index (χ3v) is 5.95. The summed E-state index contributed by atoms with van der Waals surface area (Å²) in [6.07, 6.45) is 1.66. The van der Waals surface area contributed by atoms with E-state index in [2.05, 4.69) is 25.7 Å². The van der Waals surface area contributed by atoms with Crippen LogP contribution in [-0.4, -0.2) is 48.8 Å². The molecule has 38 heavy (non-hydrogen) atoms. The molecule has 0 aliphatic carbocycles. The molecular formula is C24H20ClF3N8O2. The number of rotatable bonds is 9. The number of aromatic nitrogens is 5. The van der Waals surface area contributed by atoms with Crippen LogP contribution in [0.2, 0.25) is 5.02 Å². The van der Waals surface area contributed by atoms with Gasteiger partial charge in [0.15, 0.2) is 11.9 Å². The highest BCUT2D eigenvalue weighted by Crippen LogP contribution is 2.33. The Morgan fingerprint density at radius 3 is 2.76 bits per heavy atom. The van der Waals surface area contributed by atoms with Gasteiger partial charge in [0, 0.05) is 31.2 Å². The molecule has 0 aliphatic rings. The number of nitrogens with zero attached hydrogens (tertiary/aromatic N) is 5. The summed E-state index contributed by atoms with van der Waals surface area (Å²) in [4.78, 5) is 19.7. The van der Waals surface area contributed by atoms with Gasteiger partial charge in [-0.05, 0) is 42.5 Å². The number of nitrogens with two attached hydrogens (primary N) is 1. The van der Waals surface area contributed by atoms with Gasteiger partial charge in [-0.25, -0.2) is 14.5 Å². The highest BCUT2D eigenvalue weighted by molar-refractivity contribution is 6.32. The minimum absolute atomic E-state index is 0.0968. The number of hydrogen-bond acceptors (Lipinski definition) is 7. The van der Waals surface area contributed by atoms with E-state index >= 15 is 0 Å². The maximum absolute atomic E-state index is 13.0. The molecule has 0 bridgehead atoms. The fourth-order valence-electron chi connectivity index (χ4n) is 3.90. The smallest absolute Gasteiger partial charge is 0.412 e. The van der Waals surface area contributed by atoms with Crippen molar-refractivity contribution < 1.29 is 22.7 Å². The lowest BCUT2D eigenvalue weighted by atomic mass is 10.2. The van der Waals surface area contributed by atoms with E-state index in [4.69, 9.17) is 22.1 Å². The van der Waals surface area contributed by atoms with Crippen LogP contribution in [-0.2, 0) is 11.3 Å². The minimum atomic E-state index is -4.79. The fraction of sp³-hybridized carbons (Fsp3) is 0.167. The molecule has 4 aromatic heterocycles. The van der Waals surface area contributed by atoms with Crippen LogP contribution < -0.4 is 21.1 Å². The number of halogens is 4. The summed E-state index contributed by atoms with van der Waals surface area (Å²) in [5, 5.41) is 9.84. The molecule has 14 heteroatoms. The van der Waals surface area contributed by atoms with Gasteiger partial charge in [0.25, 0.3) is 0 Å². The molecule has 5 rings (SSSR count). The number of anilines is 2. The largest absolute Gasteiger partial charge is 0.454 e. The number of ether oxygens (including phenoxy) is 1. The maximum Gasteiger partial charge on any atom is 0.412 e.